The van der Waals surface area contributed by atoms with E-state index < -0.39 is 5.41 Å². The molecule has 0 saturated heterocycles. The number of ether oxygens (including phenoxy) is 1. The average molecular weight is 694 g/mol. The van der Waals surface area contributed by atoms with Gasteiger partial charge in [0.15, 0.2) is 0 Å². The van der Waals surface area contributed by atoms with Gasteiger partial charge in [-0.15, -0.1) is 0 Å². The van der Waals surface area contributed by atoms with E-state index in [9.17, 15) is 0 Å². The zero-order valence-electron chi connectivity index (χ0n) is 30.7. The number of aryl methyl sites for hydroxylation is 3. The normalized spacial score (nSPS) is 13.4. The van der Waals surface area contributed by atoms with Crippen LogP contribution in [0.15, 0.2) is 182 Å². The van der Waals surface area contributed by atoms with Gasteiger partial charge in [0.05, 0.1) is 16.8 Å². The molecule has 10 rings (SSSR count). The van der Waals surface area contributed by atoms with E-state index in [1.54, 1.807) is 0 Å². The highest BCUT2D eigenvalue weighted by atomic mass is 16.5. The van der Waals surface area contributed by atoms with Crippen molar-refractivity contribution in [2.45, 2.75) is 26.2 Å². The molecule has 8 aromatic rings. The first kappa shape index (κ1) is 32.0. The lowest BCUT2D eigenvalue weighted by atomic mass is 9.60. The molecule has 0 saturated carbocycles. The minimum absolute atomic E-state index is 0.726. The van der Waals surface area contributed by atoms with Crippen LogP contribution in [-0.4, -0.2) is 0 Å². The number of benzene rings is 8. The minimum Gasteiger partial charge on any atom is -0.456 e. The smallest absolute Gasteiger partial charge is 0.140 e. The van der Waals surface area contributed by atoms with Crippen molar-refractivity contribution in [3.8, 4) is 44.9 Å². The van der Waals surface area contributed by atoms with Crippen LogP contribution in [0.4, 0.5) is 17.1 Å². The van der Waals surface area contributed by atoms with Gasteiger partial charge >= 0.3 is 0 Å². The maximum Gasteiger partial charge on any atom is 0.140 e. The maximum absolute atomic E-state index is 7.14. The van der Waals surface area contributed by atoms with Crippen LogP contribution in [0.1, 0.15) is 38.9 Å². The van der Waals surface area contributed by atoms with Crippen LogP contribution in [0.3, 0.4) is 0 Å². The minimum atomic E-state index is -0.726. The van der Waals surface area contributed by atoms with Gasteiger partial charge in [0.25, 0.3) is 0 Å². The van der Waals surface area contributed by atoms with Crippen LogP contribution in [0.2, 0.25) is 0 Å². The Morgan fingerprint density at radius 2 is 0.870 bits per heavy atom. The molecule has 0 N–H and O–H groups in total. The van der Waals surface area contributed by atoms with Crippen LogP contribution >= 0.6 is 0 Å². The molecule has 2 aliphatic rings. The van der Waals surface area contributed by atoms with Gasteiger partial charge < -0.3 is 9.64 Å². The van der Waals surface area contributed by atoms with E-state index in [1.807, 2.05) is 0 Å². The molecule has 0 aromatic heterocycles. The summed E-state index contributed by atoms with van der Waals surface area (Å²) in [5, 5.41) is 0. The SMILES string of the molecule is Cc1ccccc1-c1ccc2c(c1)C1(c3ccccc3Oc3c(-c4ccccc4C)cccc31)c1cc(-c3ccccc3C)ccc1N2c1ccccc1. The second kappa shape index (κ2) is 12.5. The van der Waals surface area contributed by atoms with E-state index in [1.165, 1.54) is 55.6 Å². The summed E-state index contributed by atoms with van der Waals surface area (Å²) in [4.78, 5) is 2.46. The van der Waals surface area contributed by atoms with Gasteiger partial charge in [0.2, 0.25) is 0 Å². The molecule has 2 heteroatoms. The molecule has 0 aliphatic carbocycles. The third kappa shape index (κ3) is 4.73. The molecule has 2 nitrogen and oxygen atoms in total. The molecule has 2 heterocycles. The third-order valence-corrected chi connectivity index (χ3v) is 11.6. The van der Waals surface area contributed by atoms with Crippen molar-refractivity contribution in [2.24, 2.45) is 0 Å². The van der Waals surface area contributed by atoms with Crippen molar-refractivity contribution in [2.75, 3.05) is 4.90 Å². The Morgan fingerprint density at radius 1 is 0.389 bits per heavy atom. The average Bonchev–Trinajstić information content (AvgIpc) is 3.21. The summed E-state index contributed by atoms with van der Waals surface area (Å²) in [7, 11) is 0. The van der Waals surface area contributed by atoms with Crippen LogP contribution in [-0.2, 0) is 5.41 Å². The predicted molar refractivity (Wildman–Crippen MR) is 224 cm³/mol. The summed E-state index contributed by atoms with van der Waals surface area (Å²) in [6, 6.07) is 66.5. The summed E-state index contributed by atoms with van der Waals surface area (Å²) in [6.07, 6.45) is 0. The lowest BCUT2D eigenvalue weighted by Crippen LogP contribution is -2.40. The maximum atomic E-state index is 7.14. The van der Waals surface area contributed by atoms with Crippen LogP contribution in [0.5, 0.6) is 11.5 Å². The topological polar surface area (TPSA) is 12.5 Å². The zero-order chi connectivity index (χ0) is 36.4. The van der Waals surface area contributed by atoms with Crippen molar-refractivity contribution in [1.29, 1.82) is 0 Å². The molecule has 0 fully saturated rings. The summed E-state index contributed by atoms with van der Waals surface area (Å²) in [5.74, 6) is 1.77. The second-order valence-corrected chi connectivity index (χ2v) is 14.6. The lowest BCUT2D eigenvalue weighted by molar-refractivity contribution is 0.435. The largest absolute Gasteiger partial charge is 0.456 e. The van der Waals surface area contributed by atoms with Gasteiger partial charge in [-0.3, -0.25) is 0 Å². The monoisotopic (exact) mass is 693 g/mol. The highest BCUT2D eigenvalue weighted by Crippen LogP contribution is 2.64. The van der Waals surface area contributed by atoms with E-state index >= 15 is 0 Å². The van der Waals surface area contributed by atoms with Crippen LogP contribution < -0.4 is 9.64 Å². The first-order valence-corrected chi connectivity index (χ1v) is 18.8. The molecular weight excluding hydrogens is 655 g/mol. The fourth-order valence-corrected chi connectivity index (χ4v) is 9.05. The van der Waals surface area contributed by atoms with Gasteiger partial charge in [0, 0.05) is 22.4 Å². The fraction of sp³-hybridized carbons (Fsp3) is 0.0769. The Bertz CT molecular complexity index is 2650. The molecule has 0 radical (unpaired) electrons. The molecule has 0 unspecified atom stereocenters. The van der Waals surface area contributed by atoms with Crippen molar-refractivity contribution < 1.29 is 4.74 Å². The first-order valence-electron chi connectivity index (χ1n) is 18.8. The summed E-state index contributed by atoms with van der Waals surface area (Å²) >= 11 is 0. The molecule has 54 heavy (non-hydrogen) atoms. The van der Waals surface area contributed by atoms with E-state index in [0.717, 1.165) is 45.3 Å². The molecule has 0 atom stereocenters. The molecule has 0 amide bonds. The van der Waals surface area contributed by atoms with E-state index in [-0.39, 0.29) is 0 Å². The first-order chi connectivity index (χ1) is 26.5. The Hall–Kier alpha value is -6.64. The van der Waals surface area contributed by atoms with Gasteiger partial charge in [-0.1, -0.05) is 140 Å². The van der Waals surface area contributed by atoms with Crippen molar-refractivity contribution in [3.05, 3.63) is 221 Å². The van der Waals surface area contributed by atoms with Crippen LogP contribution in [0.25, 0.3) is 33.4 Å². The number of para-hydroxylation sites is 3. The number of hydrogen-bond donors (Lipinski definition) is 0. The number of anilines is 3. The van der Waals surface area contributed by atoms with Gasteiger partial charge in [-0.25, -0.2) is 0 Å². The van der Waals surface area contributed by atoms with Gasteiger partial charge in [-0.2, -0.15) is 0 Å². The Kier molecular flexibility index (Phi) is 7.42. The highest BCUT2D eigenvalue weighted by molar-refractivity contribution is 5.94. The summed E-state index contributed by atoms with van der Waals surface area (Å²) in [6.45, 7) is 6.60. The van der Waals surface area contributed by atoms with E-state index in [2.05, 4.69) is 208 Å². The molecule has 0 bridgehead atoms. The predicted octanol–water partition coefficient (Wildman–Crippen LogP) is 13.9. The second-order valence-electron chi connectivity index (χ2n) is 14.6. The highest BCUT2D eigenvalue weighted by Gasteiger charge is 2.52. The molecule has 258 valence electrons. The molecular formula is C52H39NO. The number of rotatable bonds is 4. The van der Waals surface area contributed by atoms with E-state index in [0.29, 0.717) is 0 Å². The standard InChI is InChI=1S/C52H39NO/c1-34-16-7-10-21-40(34)37-28-30-48-46(32-37)52(44-25-13-14-27-50(44)54-51-43(24-15-26-45(51)52)42-23-12-9-18-36(42)3)47-33-38(41-22-11-8-17-35(41)2)29-31-49(47)53(48)39-19-5-4-6-20-39/h4-33H,1-3H3. The van der Waals surface area contributed by atoms with Gasteiger partial charge in [-0.05, 0) is 119 Å². The number of hydrogen-bond acceptors (Lipinski definition) is 2. The van der Waals surface area contributed by atoms with E-state index in [4.69, 9.17) is 4.74 Å². The summed E-state index contributed by atoms with van der Waals surface area (Å²) in [5.41, 5.74) is 18.3. The lowest BCUT2D eigenvalue weighted by Gasteiger charge is -2.49. The van der Waals surface area contributed by atoms with Crippen molar-refractivity contribution in [3.63, 3.8) is 0 Å². The fourth-order valence-electron chi connectivity index (χ4n) is 9.05. The zero-order valence-corrected chi connectivity index (χ0v) is 30.7. The van der Waals surface area contributed by atoms with Crippen molar-refractivity contribution >= 4 is 17.1 Å². The Balaban J connectivity index is 1.40. The third-order valence-electron chi connectivity index (χ3n) is 11.6. The van der Waals surface area contributed by atoms with Crippen LogP contribution in [0, 0.1) is 20.8 Å². The molecule has 2 aliphatic heterocycles. The number of fused-ring (bicyclic) bond motifs is 8. The molecule has 8 aromatic carbocycles. The summed E-state index contributed by atoms with van der Waals surface area (Å²) < 4.78 is 7.14. The number of nitrogens with zero attached hydrogens (tertiary/aromatic N) is 1. The van der Waals surface area contributed by atoms with Crippen molar-refractivity contribution in [1.82, 2.24) is 0 Å². The Labute approximate surface area is 317 Å². The quantitative estimate of drug-likeness (QED) is 0.182. The van der Waals surface area contributed by atoms with Gasteiger partial charge in [0.1, 0.15) is 11.5 Å². The molecule has 1 spiro atoms. The Morgan fingerprint density at radius 3 is 1.46 bits per heavy atom.